The lowest BCUT2D eigenvalue weighted by Gasteiger charge is -2.12. The number of benzene rings is 1. The zero-order valence-corrected chi connectivity index (χ0v) is 16.9. The first-order chi connectivity index (χ1) is 14.6. The van der Waals surface area contributed by atoms with E-state index in [4.69, 9.17) is 21.6 Å². The van der Waals surface area contributed by atoms with Crippen LogP contribution >= 0.6 is 11.6 Å². The second-order valence-corrected chi connectivity index (χ2v) is 6.50. The molecule has 0 bridgehead atoms. The highest BCUT2D eigenvalue weighted by Gasteiger charge is 2.11. The van der Waals surface area contributed by atoms with E-state index in [9.17, 15) is 8.78 Å². The monoisotopic (exact) mass is 437 g/mol. The maximum Gasteiger partial charge on any atom is 0.387 e. The van der Waals surface area contributed by atoms with Gasteiger partial charge in [0.15, 0.2) is 17.7 Å². The minimum atomic E-state index is -2.94. The van der Waals surface area contributed by atoms with Crippen molar-refractivity contribution in [3.8, 4) is 17.7 Å². The standard InChI is InChI=1S/C20H22ClF2N5O2/c21-15-5-6-17(18(13-15)30-19(22)23)29-12-4-2-1-3-9-26-20(27-14-24)28-16-7-10-25-11-8-16/h5-8,10-11,13,19H,1-4,9,12H2,(H2,25,26,27,28). The van der Waals surface area contributed by atoms with Crippen LogP contribution in [0.2, 0.25) is 5.02 Å². The first kappa shape index (κ1) is 23.2. The number of nitrogens with one attached hydrogen (secondary N) is 2. The Labute approximate surface area is 178 Å². The van der Waals surface area contributed by atoms with Crippen LogP contribution in [0, 0.1) is 11.5 Å². The molecule has 0 aliphatic rings. The Hall–Kier alpha value is -3.12. The number of halogens is 3. The Balaban J connectivity index is 1.65. The molecule has 10 heteroatoms. The quantitative estimate of drug-likeness (QED) is 0.175. The average molecular weight is 438 g/mol. The summed E-state index contributed by atoms with van der Waals surface area (Å²) >= 11 is 5.80. The molecule has 2 N–H and O–H groups in total. The van der Waals surface area contributed by atoms with Crippen molar-refractivity contribution in [2.45, 2.75) is 32.3 Å². The summed E-state index contributed by atoms with van der Waals surface area (Å²) in [6, 6.07) is 7.84. The second kappa shape index (κ2) is 13.2. The van der Waals surface area contributed by atoms with Crippen LogP contribution in [0.25, 0.3) is 0 Å². The molecule has 0 spiro atoms. The van der Waals surface area contributed by atoms with E-state index in [1.54, 1.807) is 30.6 Å². The van der Waals surface area contributed by atoms with Crippen molar-refractivity contribution in [3.63, 3.8) is 0 Å². The molecule has 2 rings (SSSR count). The number of pyridine rings is 1. The maximum atomic E-state index is 12.5. The predicted octanol–water partition coefficient (Wildman–Crippen LogP) is 4.62. The first-order valence-corrected chi connectivity index (χ1v) is 9.71. The smallest absolute Gasteiger partial charge is 0.387 e. The van der Waals surface area contributed by atoms with Crippen LogP contribution in [-0.4, -0.2) is 30.7 Å². The highest BCUT2D eigenvalue weighted by molar-refractivity contribution is 6.30. The van der Waals surface area contributed by atoms with Gasteiger partial charge in [0.1, 0.15) is 0 Å². The third kappa shape index (κ3) is 8.92. The summed E-state index contributed by atoms with van der Waals surface area (Å²) in [5.74, 6) is 0.537. The van der Waals surface area contributed by atoms with E-state index in [0.717, 1.165) is 25.7 Å². The van der Waals surface area contributed by atoms with E-state index in [-0.39, 0.29) is 11.5 Å². The van der Waals surface area contributed by atoms with Crippen molar-refractivity contribution in [3.05, 3.63) is 47.7 Å². The zero-order chi connectivity index (χ0) is 21.6. The molecular formula is C20H22ClF2N5O2. The molecule has 0 unspecified atom stereocenters. The Kier molecular flexibility index (Phi) is 10.2. The van der Waals surface area contributed by atoms with Gasteiger partial charge in [-0.1, -0.05) is 24.4 Å². The Bertz CT molecular complexity index is 847. The first-order valence-electron chi connectivity index (χ1n) is 9.33. The van der Waals surface area contributed by atoms with E-state index in [0.29, 0.717) is 29.8 Å². The molecule has 1 aromatic carbocycles. The highest BCUT2D eigenvalue weighted by Crippen LogP contribution is 2.31. The number of hydrogen-bond donors (Lipinski definition) is 2. The van der Waals surface area contributed by atoms with E-state index in [1.165, 1.54) is 12.1 Å². The van der Waals surface area contributed by atoms with Crippen LogP contribution in [0.3, 0.4) is 0 Å². The minimum absolute atomic E-state index is 0.0762. The summed E-state index contributed by atoms with van der Waals surface area (Å²) < 4.78 is 34.9. The fourth-order valence-corrected chi connectivity index (χ4v) is 2.63. The van der Waals surface area contributed by atoms with Crippen molar-refractivity contribution in [1.82, 2.24) is 15.6 Å². The topological polar surface area (TPSA) is 91.6 Å². The van der Waals surface area contributed by atoms with Gasteiger partial charge >= 0.3 is 6.61 Å². The largest absolute Gasteiger partial charge is 0.490 e. The summed E-state index contributed by atoms with van der Waals surface area (Å²) in [6.45, 7) is -1.93. The predicted molar refractivity (Wildman–Crippen MR) is 110 cm³/mol. The van der Waals surface area contributed by atoms with Crippen LogP contribution in [0.5, 0.6) is 11.5 Å². The van der Waals surface area contributed by atoms with Crippen molar-refractivity contribution < 1.29 is 18.3 Å². The van der Waals surface area contributed by atoms with Gasteiger partial charge in [-0.05, 0) is 37.1 Å². The molecule has 1 aromatic heterocycles. The van der Waals surface area contributed by atoms with Crippen molar-refractivity contribution in [1.29, 1.82) is 5.26 Å². The van der Waals surface area contributed by atoms with Crippen molar-refractivity contribution in [2.75, 3.05) is 13.2 Å². The SMILES string of the molecule is N#CN/C(=N\c1ccncc1)NCCCCCCOc1ccc(Cl)cc1OC(F)F. The number of alkyl halides is 2. The number of unbranched alkanes of at least 4 members (excludes halogenated alkanes) is 3. The number of ether oxygens (including phenoxy) is 2. The third-order valence-corrected chi connectivity index (χ3v) is 4.06. The van der Waals surface area contributed by atoms with Gasteiger partial charge in [0.2, 0.25) is 5.96 Å². The highest BCUT2D eigenvalue weighted by atomic mass is 35.5. The van der Waals surface area contributed by atoms with Gasteiger partial charge in [-0.25, -0.2) is 4.99 Å². The van der Waals surface area contributed by atoms with Gasteiger partial charge < -0.3 is 14.8 Å². The number of nitriles is 1. The Morgan fingerprint density at radius 2 is 1.90 bits per heavy atom. The van der Waals surface area contributed by atoms with Gasteiger partial charge in [-0.2, -0.15) is 14.0 Å². The van der Waals surface area contributed by atoms with E-state index in [1.807, 2.05) is 6.19 Å². The lowest BCUT2D eigenvalue weighted by Crippen LogP contribution is -2.34. The van der Waals surface area contributed by atoms with Gasteiger partial charge in [0, 0.05) is 30.0 Å². The lowest BCUT2D eigenvalue weighted by atomic mass is 10.2. The number of hydrogen-bond acceptors (Lipinski definition) is 5. The second-order valence-electron chi connectivity index (χ2n) is 6.06. The molecule has 0 aliphatic heterocycles. The van der Waals surface area contributed by atoms with E-state index < -0.39 is 6.61 Å². The van der Waals surface area contributed by atoms with Crippen LogP contribution in [0.15, 0.2) is 47.7 Å². The molecule has 7 nitrogen and oxygen atoms in total. The van der Waals surface area contributed by atoms with Gasteiger partial charge in [0.05, 0.1) is 12.3 Å². The number of aliphatic imine (C=N–C) groups is 1. The van der Waals surface area contributed by atoms with Crippen molar-refractivity contribution in [2.24, 2.45) is 4.99 Å². The van der Waals surface area contributed by atoms with E-state index in [2.05, 4.69) is 25.3 Å². The number of nitrogens with zero attached hydrogens (tertiary/aromatic N) is 3. The molecule has 1 heterocycles. The molecular weight excluding hydrogens is 416 g/mol. The van der Waals surface area contributed by atoms with Crippen LogP contribution < -0.4 is 20.1 Å². The zero-order valence-electron chi connectivity index (χ0n) is 16.2. The Morgan fingerprint density at radius 3 is 2.63 bits per heavy atom. The molecule has 0 amide bonds. The molecule has 0 fully saturated rings. The van der Waals surface area contributed by atoms with Crippen LogP contribution in [0.1, 0.15) is 25.7 Å². The summed E-state index contributed by atoms with van der Waals surface area (Å²) in [5.41, 5.74) is 0.685. The number of aromatic nitrogens is 1. The van der Waals surface area contributed by atoms with E-state index >= 15 is 0 Å². The normalized spacial score (nSPS) is 11.1. The fraction of sp³-hybridized carbons (Fsp3) is 0.350. The molecule has 0 saturated carbocycles. The Morgan fingerprint density at radius 1 is 1.13 bits per heavy atom. The van der Waals surface area contributed by atoms with Gasteiger partial charge in [-0.3, -0.25) is 10.3 Å². The summed E-state index contributed by atoms with van der Waals surface area (Å²) in [5, 5.41) is 14.7. The van der Waals surface area contributed by atoms with Crippen molar-refractivity contribution >= 4 is 23.2 Å². The molecule has 0 radical (unpaired) electrons. The van der Waals surface area contributed by atoms with Crippen LogP contribution in [0.4, 0.5) is 14.5 Å². The third-order valence-electron chi connectivity index (χ3n) is 3.82. The number of guanidine groups is 1. The minimum Gasteiger partial charge on any atom is -0.490 e. The molecule has 160 valence electrons. The van der Waals surface area contributed by atoms with Gasteiger partial charge in [-0.15, -0.1) is 0 Å². The summed E-state index contributed by atoms with van der Waals surface area (Å²) in [7, 11) is 0. The average Bonchev–Trinajstić information content (AvgIpc) is 2.71. The maximum absolute atomic E-state index is 12.5. The molecule has 0 aliphatic carbocycles. The molecule has 2 aromatic rings. The lowest BCUT2D eigenvalue weighted by molar-refractivity contribution is -0.0515. The van der Waals surface area contributed by atoms with Crippen LogP contribution in [-0.2, 0) is 0 Å². The summed E-state index contributed by atoms with van der Waals surface area (Å²) in [6.07, 6.45) is 8.53. The number of rotatable bonds is 11. The molecule has 0 atom stereocenters. The fourth-order valence-electron chi connectivity index (χ4n) is 2.47. The molecule has 30 heavy (non-hydrogen) atoms. The summed E-state index contributed by atoms with van der Waals surface area (Å²) in [4.78, 5) is 8.22. The molecule has 0 saturated heterocycles. The van der Waals surface area contributed by atoms with Gasteiger partial charge in [0.25, 0.3) is 0 Å².